The molecule has 0 bridgehead atoms. The van der Waals surface area contributed by atoms with Crippen molar-refractivity contribution in [3.8, 4) is 16.9 Å². The largest absolute Gasteiger partial charge is 0.489 e. The van der Waals surface area contributed by atoms with Crippen LogP contribution in [0.5, 0.6) is 5.75 Å². The van der Waals surface area contributed by atoms with E-state index in [1.807, 2.05) is 54.7 Å². The lowest BCUT2D eigenvalue weighted by atomic mass is 9.97. The van der Waals surface area contributed by atoms with Gasteiger partial charge in [-0.1, -0.05) is 36.4 Å². The third-order valence-corrected chi connectivity index (χ3v) is 5.18. The number of fused-ring (bicyclic) bond motifs is 1. The lowest BCUT2D eigenvalue weighted by molar-refractivity contribution is -0.110. The maximum absolute atomic E-state index is 15.0. The van der Waals surface area contributed by atoms with Gasteiger partial charge < -0.3 is 15.5 Å². The van der Waals surface area contributed by atoms with Crippen LogP contribution in [-0.4, -0.2) is 10.1 Å². The number of carbonyl (C=O) groups is 1. The first kappa shape index (κ1) is 20.2. The SMILES string of the molecule is NCc1cccc(-c2cc(COc3ccccc3CC(=O)S)cc3[nH]ccc23)c1F. The maximum atomic E-state index is 15.0. The van der Waals surface area contributed by atoms with Gasteiger partial charge in [0.25, 0.3) is 0 Å². The minimum Gasteiger partial charge on any atom is -0.489 e. The van der Waals surface area contributed by atoms with E-state index in [1.54, 1.807) is 12.1 Å². The van der Waals surface area contributed by atoms with E-state index in [9.17, 15) is 9.18 Å². The maximum Gasteiger partial charge on any atom is 0.190 e. The second kappa shape index (κ2) is 8.73. The van der Waals surface area contributed by atoms with Gasteiger partial charge in [0.2, 0.25) is 0 Å². The Morgan fingerprint density at radius 2 is 1.83 bits per heavy atom. The van der Waals surface area contributed by atoms with Gasteiger partial charge in [0.15, 0.2) is 5.12 Å². The molecule has 152 valence electrons. The Labute approximate surface area is 179 Å². The highest BCUT2D eigenvalue weighted by Crippen LogP contribution is 2.33. The summed E-state index contributed by atoms with van der Waals surface area (Å²) >= 11 is 3.86. The molecule has 0 aliphatic carbocycles. The van der Waals surface area contributed by atoms with Crippen molar-refractivity contribution in [1.29, 1.82) is 0 Å². The van der Waals surface area contributed by atoms with Gasteiger partial charge >= 0.3 is 0 Å². The predicted octanol–water partition coefficient (Wildman–Crippen LogP) is 5.01. The quantitative estimate of drug-likeness (QED) is 0.368. The molecule has 0 radical (unpaired) electrons. The van der Waals surface area contributed by atoms with Crippen LogP contribution in [0.4, 0.5) is 4.39 Å². The van der Waals surface area contributed by atoms with Crippen LogP contribution in [0.2, 0.25) is 0 Å². The Morgan fingerprint density at radius 3 is 2.63 bits per heavy atom. The van der Waals surface area contributed by atoms with Gasteiger partial charge in [-0.05, 0) is 35.4 Å². The number of carbonyl (C=O) groups excluding carboxylic acids is 1. The van der Waals surface area contributed by atoms with E-state index in [0.717, 1.165) is 27.6 Å². The molecule has 3 N–H and O–H groups in total. The number of aromatic amines is 1. The van der Waals surface area contributed by atoms with Crippen molar-refractivity contribution >= 4 is 28.6 Å². The topological polar surface area (TPSA) is 68.1 Å². The van der Waals surface area contributed by atoms with E-state index in [4.69, 9.17) is 10.5 Å². The molecule has 0 saturated heterocycles. The zero-order chi connectivity index (χ0) is 21.1. The minimum atomic E-state index is -0.307. The average molecular weight is 421 g/mol. The number of para-hydroxylation sites is 1. The summed E-state index contributed by atoms with van der Waals surface area (Å²) < 4.78 is 21.0. The van der Waals surface area contributed by atoms with Crippen LogP contribution < -0.4 is 10.5 Å². The number of halogens is 1. The lowest BCUT2D eigenvalue weighted by Crippen LogP contribution is -2.03. The third kappa shape index (κ3) is 4.10. The number of rotatable bonds is 7. The molecule has 30 heavy (non-hydrogen) atoms. The van der Waals surface area contributed by atoms with Crippen molar-refractivity contribution < 1.29 is 13.9 Å². The van der Waals surface area contributed by atoms with Crippen molar-refractivity contribution in [3.63, 3.8) is 0 Å². The summed E-state index contributed by atoms with van der Waals surface area (Å²) in [5.41, 5.74) is 9.99. The Kier molecular flexibility index (Phi) is 5.88. The molecule has 0 unspecified atom stereocenters. The highest BCUT2D eigenvalue weighted by Gasteiger charge is 2.14. The number of thiol groups is 1. The molecule has 0 saturated carbocycles. The van der Waals surface area contributed by atoms with E-state index in [2.05, 4.69) is 17.6 Å². The summed E-state index contributed by atoms with van der Waals surface area (Å²) in [6, 6.07) is 18.5. The second-order valence-electron chi connectivity index (χ2n) is 7.03. The van der Waals surface area contributed by atoms with Crippen LogP contribution in [0.15, 0.2) is 66.9 Å². The van der Waals surface area contributed by atoms with Crippen LogP contribution in [0.3, 0.4) is 0 Å². The molecule has 0 fully saturated rings. The molecular weight excluding hydrogens is 399 g/mol. The number of H-pyrrole nitrogens is 1. The summed E-state index contributed by atoms with van der Waals surface area (Å²) in [5.74, 6) is 0.322. The Hall–Kier alpha value is -3.09. The number of hydrogen-bond acceptors (Lipinski definition) is 3. The molecule has 0 spiro atoms. The van der Waals surface area contributed by atoms with Gasteiger partial charge in [-0.25, -0.2) is 4.39 Å². The fraction of sp³-hybridized carbons (Fsp3) is 0.125. The lowest BCUT2D eigenvalue weighted by Gasteiger charge is -2.13. The number of benzene rings is 3. The molecule has 0 amide bonds. The molecule has 0 aliphatic heterocycles. The first-order valence-corrected chi connectivity index (χ1v) is 10.0. The molecule has 1 aromatic heterocycles. The molecule has 6 heteroatoms. The Morgan fingerprint density at radius 1 is 1.03 bits per heavy atom. The first-order chi connectivity index (χ1) is 14.6. The summed E-state index contributed by atoms with van der Waals surface area (Å²) in [5, 5.41) is 0.698. The fourth-order valence-corrected chi connectivity index (χ4v) is 3.76. The average Bonchev–Trinajstić information content (AvgIpc) is 3.21. The van der Waals surface area contributed by atoms with Crippen LogP contribution in [-0.2, 0) is 24.4 Å². The smallest absolute Gasteiger partial charge is 0.190 e. The molecule has 1 heterocycles. The Bertz CT molecular complexity index is 1220. The van der Waals surface area contributed by atoms with E-state index >= 15 is 0 Å². The number of hydrogen-bond donors (Lipinski definition) is 3. The molecule has 4 nitrogen and oxygen atoms in total. The van der Waals surface area contributed by atoms with E-state index < -0.39 is 0 Å². The summed E-state index contributed by atoms with van der Waals surface area (Å²) in [7, 11) is 0. The molecule has 0 atom stereocenters. The first-order valence-electron chi connectivity index (χ1n) is 9.57. The standard InChI is InChI=1S/C24H21FN2O2S/c25-24-17(13-26)5-3-6-19(24)20-10-15(11-21-18(20)8-9-27-21)14-29-22-7-2-1-4-16(22)12-23(28)30/h1-11,27H,12-14,26H2,(H,28,30). The second-order valence-corrected chi connectivity index (χ2v) is 7.53. The monoisotopic (exact) mass is 420 g/mol. The fourth-order valence-electron chi connectivity index (χ4n) is 3.59. The zero-order valence-corrected chi connectivity index (χ0v) is 17.1. The number of ether oxygens (including phenoxy) is 1. The van der Waals surface area contributed by atoms with Gasteiger partial charge in [0, 0.05) is 46.8 Å². The van der Waals surface area contributed by atoms with Crippen molar-refractivity contribution in [1.82, 2.24) is 4.98 Å². The highest BCUT2D eigenvalue weighted by atomic mass is 32.1. The zero-order valence-electron chi connectivity index (χ0n) is 16.2. The number of aromatic nitrogens is 1. The van der Waals surface area contributed by atoms with Gasteiger partial charge in [-0.3, -0.25) is 4.79 Å². The molecule has 4 aromatic rings. The molecule has 4 rings (SSSR count). The van der Waals surface area contributed by atoms with Gasteiger partial charge in [0.05, 0.1) is 0 Å². The summed E-state index contributed by atoms with van der Waals surface area (Å²) in [6.45, 7) is 0.414. The summed E-state index contributed by atoms with van der Waals surface area (Å²) in [6.07, 6.45) is 2.02. The van der Waals surface area contributed by atoms with Gasteiger partial charge in [-0.2, -0.15) is 0 Å². The van der Waals surface area contributed by atoms with E-state index in [1.165, 1.54) is 0 Å². The highest BCUT2D eigenvalue weighted by molar-refractivity contribution is 7.96. The molecule has 0 aliphatic rings. The van der Waals surface area contributed by atoms with Crippen LogP contribution in [0, 0.1) is 5.82 Å². The van der Waals surface area contributed by atoms with Crippen LogP contribution in [0.1, 0.15) is 16.7 Å². The normalized spacial score (nSPS) is 11.0. The third-order valence-electron chi connectivity index (χ3n) is 5.03. The van der Waals surface area contributed by atoms with E-state index in [-0.39, 0.29) is 30.5 Å². The minimum absolute atomic E-state index is 0.138. The summed E-state index contributed by atoms with van der Waals surface area (Å²) in [4.78, 5) is 14.6. The number of nitrogens with two attached hydrogens (primary N) is 1. The van der Waals surface area contributed by atoms with Gasteiger partial charge in [-0.15, -0.1) is 12.6 Å². The van der Waals surface area contributed by atoms with Crippen molar-refractivity contribution in [3.05, 3.63) is 89.4 Å². The van der Waals surface area contributed by atoms with E-state index in [0.29, 0.717) is 16.9 Å². The molecule has 3 aromatic carbocycles. The predicted molar refractivity (Wildman–Crippen MR) is 120 cm³/mol. The van der Waals surface area contributed by atoms with Crippen molar-refractivity contribution in [2.24, 2.45) is 5.73 Å². The van der Waals surface area contributed by atoms with Crippen LogP contribution >= 0.6 is 12.6 Å². The number of nitrogens with one attached hydrogen (secondary N) is 1. The molecular formula is C24H21FN2O2S. The van der Waals surface area contributed by atoms with Crippen molar-refractivity contribution in [2.45, 2.75) is 19.6 Å². The van der Waals surface area contributed by atoms with Crippen molar-refractivity contribution in [2.75, 3.05) is 0 Å². The van der Waals surface area contributed by atoms with Gasteiger partial charge in [0.1, 0.15) is 18.2 Å². The van der Waals surface area contributed by atoms with Crippen LogP contribution in [0.25, 0.3) is 22.0 Å². The Balaban J connectivity index is 1.70.